The number of aliphatic carboxylic acids is 1. The Labute approximate surface area is 147 Å². The van der Waals surface area contributed by atoms with Gasteiger partial charge in [0.05, 0.1) is 6.61 Å². The molecule has 1 aliphatic rings. The van der Waals surface area contributed by atoms with E-state index in [2.05, 4.69) is 11.9 Å². The van der Waals surface area contributed by atoms with Gasteiger partial charge in [-0.25, -0.2) is 4.79 Å². The van der Waals surface area contributed by atoms with Crippen LogP contribution in [0.2, 0.25) is 0 Å². The fourth-order valence-corrected chi connectivity index (χ4v) is 2.77. The van der Waals surface area contributed by atoms with Crippen LogP contribution in [0.25, 0.3) is 0 Å². The number of hydrogen-bond acceptors (Lipinski definition) is 4. The standard InChI is InChI=1S/C19H25NO5/c1-2-3-9-16(17(21)22)20-18(23)19(10-12-24-13-11-19)25-14-15-7-5-4-6-8-15/h2,4-8,16H,1,3,9-14H2,(H,20,23)(H,21,22). The molecule has 1 saturated heterocycles. The minimum Gasteiger partial charge on any atom is -0.480 e. The van der Waals surface area contributed by atoms with E-state index < -0.39 is 17.6 Å². The number of benzene rings is 1. The molecule has 6 heteroatoms. The zero-order valence-electron chi connectivity index (χ0n) is 14.3. The summed E-state index contributed by atoms with van der Waals surface area (Å²) in [4.78, 5) is 24.2. The quantitative estimate of drug-likeness (QED) is 0.670. The fourth-order valence-electron chi connectivity index (χ4n) is 2.77. The van der Waals surface area contributed by atoms with Crippen LogP contribution in [-0.2, 0) is 25.7 Å². The summed E-state index contributed by atoms with van der Waals surface area (Å²) in [5.74, 6) is -1.44. The molecule has 0 radical (unpaired) electrons. The van der Waals surface area contributed by atoms with Gasteiger partial charge >= 0.3 is 5.97 Å². The lowest BCUT2D eigenvalue weighted by atomic mass is 9.92. The maximum Gasteiger partial charge on any atom is 0.326 e. The first kappa shape index (κ1) is 19.1. The van der Waals surface area contributed by atoms with Crippen LogP contribution in [0, 0.1) is 0 Å². The summed E-state index contributed by atoms with van der Waals surface area (Å²) in [5.41, 5.74) is -0.0988. The first-order chi connectivity index (χ1) is 12.1. The molecule has 1 amide bonds. The monoisotopic (exact) mass is 347 g/mol. The number of rotatable bonds is 9. The minimum atomic E-state index is -1.06. The number of carboxylic acid groups (broad SMARTS) is 1. The number of allylic oxidation sites excluding steroid dienone is 1. The van der Waals surface area contributed by atoms with Gasteiger partial charge in [-0.3, -0.25) is 4.79 Å². The molecule has 1 heterocycles. The molecule has 1 aliphatic heterocycles. The molecule has 0 bridgehead atoms. The summed E-state index contributed by atoms with van der Waals surface area (Å²) in [5, 5.41) is 12.0. The van der Waals surface area contributed by atoms with E-state index in [0.29, 0.717) is 45.5 Å². The van der Waals surface area contributed by atoms with Gasteiger partial charge < -0.3 is 19.9 Å². The number of carbonyl (C=O) groups is 2. The Morgan fingerprint density at radius 3 is 2.60 bits per heavy atom. The molecule has 2 rings (SSSR count). The second kappa shape index (κ2) is 9.34. The summed E-state index contributed by atoms with van der Waals surface area (Å²) in [6, 6.07) is 8.63. The molecular formula is C19H25NO5. The summed E-state index contributed by atoms with van der Waals surface area (Å²) in [7, 11) is 0. The van der Waals surface area contributed by atoms with Crippen LogP contribution >= 0.6 is 0 Å². The van der Waals surface area contributed by atoms with Crippen molar-refractivity contribution in [3.05, 3.63) is 48.6 Å². The van der Waals surface area contributed by atoms with Crippen molar-refractivity contribution in [1.29, 1.82) is 0 Å². The predicted molar refractivity (Wildman–Crippen MR) is 93.0 cm³/mol. The summed E-state index contributed by atoms with van der Waals surface area (Å²) in [6.07, 6.45) is 3.26. The molecule has 0 aromatic heterocycles. The van der Waals surface area contributed by atoms with Gasteiger partial charge in [0.25, 0.3) is 5.91 Å². The third-order valence-electron chi connectivity index (χ3n) is 4.34. The second-order valence-corrected chi connectivity index (χ2v) is 6.11. The van der Waals surface area contributed by atoms with Gasteiger partial charge in [-0.15, -0.1) is 6.58 Å². The molecule has 1 aromatic carbocycles. The highest BCUT2D eigenvalue weighted by molar-refractivity contribution is 5.89. The van der Waals surface area contributed by atoms with Gasteiger partial charge in [0.15, 0.2) is 5.60 Å². The van der Waals surface area contributed by atoms with Crippen LogP contribution in [0.3, 0.4) is 0 Å². The van der Waals surface area contributed by atoms with E-state index in [9.17, 15) is 14.7 Å². The van der Waals surface area contributed by atoms with Crippen molar-refractivity contribution in [2.24, 2.45) is 0 Å². The molecular weight excluding hydrogens is 322 g/mol. The molecule has 6 nitrogen and oxygen atoms in total. The molecule has 1 atom stereocenters. The van der Waals surface area contributed by atoms with E-state index in [1.54, 1.807) is 6.08 Å². The van der Waals surface area contributed by atoms with E-state index in [1.165, 1.54) is 0 Å². The third-order valence-corrected chi connectivity index (χ3v) is 4.34. The average molecular weight is 347 g/mol. The van der Waals surface area contributed by atoms with Gasteiger partial charge in [0.2, 0.25) is 0 Å². The Hall–Kier alpha value is -2.18. The summed E-state index contributed by atoms with van der Waals surface area (Å²) in [6.45, 7) is 4.70. The van der Waals surface area contributed by atoms with Crippen molar-refractivity contribution in [2.75, 3.05) is 13.2 Å². The molecule has 1 fully saturated rings. The Morgan fingerprint density at radius 2 is 2.00 bits per heavy atom. The number of ether oxygens (including phenoxy) is 2. The summed E-state index contributed by atoms with van der Waals surface area (Å²) < 4.78 is 11.4. The molecule has 0 saturated carbocycles. The first-order valence-corrected chi connectivity index (χ1v) is 8.48. The van der Waals surface area contributed by atoms with E-state index in [0.717, 1.165) is 5.56 Å². The lowest BCUT2D eigenvalue weighted by Gasteiger charge is -2.36. The Kier molecular flexibility index (Phi) is 7.16. The van der Waals surface area contributed by atoms with Crippen molar-refractivity contribution in [3.63, 3.8) is 0 Å². The average Bonchev–Trinajstić information content (AvgIpc) is 2.64. The molecule has 2 N–H and O–H groups in total. The van der Waals surface area contributed by atoms with E-state index in [1.807, 2.05) is 30.3 Å². The predicted octanol–water partition coefficient (Wildman–Crippen LogP) is 2.29. The number of hydrogen-bond donors (Lipinski definition) is 2. The fraction of sp³-hybridized carbons (Fsp3) is 0.474. The number of nitrogens with one attached hydrogen (secondary N) is 1. The van der Waals surface area contributed by atoms with Gasteiger partial charge in [-0.05, 0) is 18.4 Å². The zero-order chi connectivity index (χ0) is 18.1. The van der Waals surface area contributed by atoms with Crippen LogP contribution in [0.5, 0.6) is 0 Å². The van der Waals surface area contributed by atoms with Crippen molar-refractivity contribution in [3.8, 4) is 0 Å². The van der Waals surface area contributed by atoms with Crippen molar-refractivity contribution >= 4 is 11.9 Å². The second-order valence-electron chi connectivity index (χ2n) is 6.11. The largest absolute Gasteiger partial charge is 0.480 e. The van der Waals surface area contributed by atoms with Crippen LogP contribution in [0.4, 0.5) is 0 Å². The minimum absolute atomic E-state index is 0.290. The van der Waals surface area contributed by atoms with Gasteiger partial charge in [0, 0.05) is 26.1 Å². The molecule has 136 valence electrons. The van der Waals surface area contributed by atoms with Crippen molar-refractivity contribution in [2.45, 2.75) is 43.9 Å². The zero-order valence-corrected chi connectivity index (χ0v) is 14.3. The lowest BCUT2D eigenvalue weighted by Crippen LogP contribution is -2.55. The Bertz CT molecular complexity index is 581. The molecule has 0 aliphatic carbocycles. The SMILES string of the molecule is C=CCCC(NC(=O)C1(OCc2ccccc2)CCOCC1)C(=O)O. The Balaban J connectivity index is 2.07. The Morgan fingerprint density at radius 1 is 1.32 bits per heavy atom. The highest BCUT2D eigenvalue weighted by atomic mass is 16.5. The lowest BCUT2D eigenvalue weighted by molar-refractivity contribution is -0.166. The van der Waals surface area contributed by atoms with E-state index in [4.69, 9.17) is 9.47 Å². The topological polar surface area (TPSA) is 84.9 Å². The van der Waals surface area contributed by atoms with E-state index in [-0.39, 0.29) is 5.91 Å². The maximum absolute atomic E-state index is 12.8. The van der Waals surface area contributed by atoms with Crippen molar-refractivity contribution in [1.82, 2.24) is 5.32 Å². The third kappa shape index (κ3) is 5.41. The van der Waals surface area contributed by atoms with Crippen LogP contribution in [0.1, 0.15) is 31.2 Å². The smallest absolute Gasteiger partial charge is 0.326 e. The van der Waals surface area contributed by atoms with Crippen LogP contribution < -0.4 is 5.32 Å². The van der Waals surface area contributed by atoms with Gasteiger partial charge in [0.1, 0.15) is 6.04 Å². The number of carboxylic acids is 1. The van der Waals surface area contributed by atoms with Gasteiger partial charge in [-0.2, -0.15) is 0 Å². The highest BCUT2D eigenvalue weighted by Crippen LogP contribution is 2.27. The number of carbonyl (C=O) groups excluding carboxylic acids is 1. The molecule has 1 aromatic rings. The number of amides is 1. The van der Waals surface area contributed by atoms with Crippen LogP contribution in [0.15, 0.2) is 43.0 Å². The van der Waals surface area contributed by atoms with Crippen LogP contribution in [-0.4, -0.2) is 41.8 Å². The van der Waals surface area contributed by atoms with E-state index >= 15 is 0 Å². The molecule has 0 spiro atoms. The molecule has 1 unspecified atom stereocenters. The highest BCUT2D eigenvalue weighted by Gasteiger charge is 2.42. The summed E-state index contributed by atoms with van der Waals surface area (Å²) >= 11 is 0. The maximum atomic E-state index is 12.8. The van der Waals surface area contributed by atoms with Crippen molar-refractivity contribution < 1.29 is 24.2 Å². The van der Waals surface area contributed by atoms with Gasteiger partial charge in [-0.1, -0.05) is 36.4 Å². The molecule has 25 heavy (non-hydrogen) atoms. The normalized spacial score (nSPS) is 17.4. The first-order valence-electron chi connectivity index (χ1n) is 8.48.